The van der Waals surface area contributed by atoms with Crippen molar-refractivity contribution in [3.63, 3.8) is 0 Å². The molecule has 0 saturated heterocycles. The topological polar surface area (TPSA) is 41.5 Å². The van der Waals surface area contributed by atoms with Crippen LogP contribution in [0, 0.1) is 13.8 Å². The Balaban J connectivity index is 2.94. The predicted octanol–water partition coefficient (Wildman–Crippen LogP) is 2.88. The molecular weight excluding hydrogens is 214 g/mol. The monoisotopic (exact) mass is 237 g/mol. The Bertz CT molecular complexity index is 363. The van der Waals surface area contributed by atoms with Crippen LogP contribution in [0.25, 0.3) is 0 Å². The molecule has 0 heterocycles. The lowest BCUT2D eigenvalue weighted by Gasteiger charge is -2.27. The van der Waals surface area contributed by atoms with Crippen LogP contribution in [0.1, 0.15) is 31.4 Å². The summed E-state index contributed by atoms with van der Waals surface area (Å²) in [6, 6.07) is 4.15. The number of benzene rings is 1. The van der Waals surface area contributed by atoms with E-state index < -0.39 is 0 Å². The molecule has 1 aromatic carbocycles. The van der Waals surface area contributed by atoms with Crippen LogP contribution in [0.4, 0.5) is 5.69 Å². The van der Waals surface area contributed by atoms with Crippen molar-refractivity contribution >= 4 is 5.69 Å². The van der Waals surface area contributed by atoms with Gasteiger partial charge in [0.15, 0.2) is 0 Å². The lowest BCUT2D eigenvalue weighted by atomic mass is 10.00. The largest absolute Gasteiger partial charge is 0.496 e. The average Bonchev–Trinajstić information content (AvgIpc) is 2.15. The zero-order chi connectivity index (χ0) is 13.1. The minimum absolute atomic E-state index is 0.109. The van der Waals surface area contributed by atoms with E-state index in [1.165, 1.54) is 0 Å². The number of hydrogen-bond donors (Lipinski definition) is 2. The molecule has 1 rings (SSSR count). The first-order valence-corrected chi connectivity index (χ1v) is 5.94. The quantitative estimate of drug-likeness (QED) is 0.827. The summed E-state index contributed by atoms with van der Waals surface area (Å²) in [7, 11) is 1.69. The van der Waals surface area contributed by atoms with Crippen molar-refractivity contribution in [1.29, 1.82) is 0 Å². The first-order chi connectivity index (χ1) is 7.89. The van der Waals surface area contributed by atoms with Crippen LogP contribution >= 0.6 is 0 Å². The molecule has 0 bridgehead atoms. The van der Waals surface area contributed by atoms with Crippen molar-refractivity contribution in [2.75, 3.05) is 19.0 Å². The number of hydrogen-bond acceptors (Lipinski definition) is 3. The molecule has 0 radical (unpaired) electrons. The van der Waals surface area contributed by atoms with Crippen LogP contribution in [-0.2, 0) is 0 Å². The van der Waals surface area contributed by atoms with Gasteiger partial charge >= 0.3 is 0 Å². The van der Waals surface area contributed by atoms with Crippen molar-refractivity contribution < 1.29 is 9.84 Å². The van der Waals surface area contributed by atoms with Gasteiger partial charge in [0.05, 0.1) is 7.11 Å². The van der Waals surface area contributed by atoms with E-state index >= 15 is 0 Å². The van der Waals surface area contributed by atoms with Gasteiger partial charge in [-0.1, -0.05) is 0 Å². The van der Waals surface area contributed by atoms with Gasteiger partial charge in [-0.2, -0.15) is 0 Å². The van der Waals surface area contributed by atoms with E-state index in [1.54, 1.807) is 7.11 Å². The van der Waals surface area contributed by atoms with Gasteiger partial charge in [0.1, 0.15) is 5.75 Å². The highest BCUT2D eigenvalue weighted by atomic mass is 16.5. The van der Waals surface area contributed by atoms with Crippen LogP contribution in [0.15, 0.2) is 12.1 Å². The number of rotatable bonds is 5. The number of aliphatic hydroxyl groups excluding tert-OH is 1. The van der Waals surface area contributed by atoms with Crippen molar-refractivity contribution in [2.45, 2.75) is 39.7 Å². The van der Waals surface area contributed by atoms with Crippen LogP contribution < -0.4 is 10.1 Å². The minimum Gasteiger partial charge on any atom is -0.496 e. The van der Waals surface area contributed by atoms with E-state index in [9.17, 15) is 0 Å². The Morgan fingerprint density at radius 1 is 1.24 bits per heavy atom. The maximum Gasteiger partial charge on any atom is 0.124 e. The third-order valence-corrected chi connectivity index (χ3v) is 2.88. The van der Waals surface area contributed by atoms with Crippen molar-refractivity contribution in [2.24, 2.45) is 0 Å². The number of aryl methyl sites for hydroxylation is 2. The highest BCUT2D eigenvalue weighted by Gasteiger charge is 2.17. The molecule has 0 aliphatic rings. The number of aliphatic hydroxyl groups is 1. The Morgan fingerprint density at radius 2 is 1.76 bits per heavy atom. The molecule has 0 spiro atoms. The number of anilines is 1. The molecule has 0 aromatic heterocycles. The van der Waals surface area contributed by atoms with E-state index in [0.29, 0.717) is 0 Å². The average molecular weight is 237 g/mol. The summed E-state index contributed by atoms with van der Waals surface area (Å²) >= 11 is 0. The van der Waals surface area contributed by atoms with Gasteiger partial charge in [0.25, 0.3) is 0 Å². The van der Waals surface area contributed by atoms with Crippen LogP contribution in [0.2, 0.25) is 0 Å². The maximum atomic E-state index is 9.01. The molecule has 0 atom stereocenters. The van der Waals surface area contributed by atoms with Crippen molar-refractivity contribution in [3.8, 4) is 5.75 Å². The van der Waals surface area contributed by atoms with Crippen molar-refractivity contribution in [1.82, 2.24) is 0 Å². The second-order valence-electron chi connectivity index (χ2n) is 5.13. The molecule has 3 heteroatoms. The van der Waals surface area contributed by atoms with Gasteiger partial charge in [-0.15, -0.1) is 0 Å². The fourth-order valence-electron chi connectivity index (χ4n) is 2.08. The standard InChI is InChI=1S/C14H23NO2/c1-10-8-12(9-11(2)13(10)17-5)15-14(3,4)6-7-16/h8-9,15-16H,6-7H2,1-5H3. The van der Waals surface area contributed by atoms with E-state index in [4.69, 9.17) is 9.84 Å². The minimum atomic E-state index is -0.109. The van der Waals surface area contributed by atoms with Crippen LogP contribution in [0.3, 0.4) is 0 Å². The zero-order valence-corrected chi connectivity index (χ0v) is 11.4. The van der Waals surface area contributed by atoms with Crippen LogP contribution in [-0.4, -0.2) is 24.4 Å². The molecule has 0 amide bonds. The van der Waals surface area contributed by atoms with E-state index in [-0.39, 0.29) is 12.1 Å². The third-order valence-electron chi connectivity index (χ3n) is 2.88. The van der Waals surface area contributed by atoms with Gasteiger partial charge in [0, 0.05) is 17.8 Å². The van der Waals surface area contributed by atoms with Gasteiger partial charge in [0.2, 0.25) is 0 Å². The first kappa shape index (κ1) is 13.8. The highest BCUT2D eigenvalue weighted by Crippen LogP contribution is 2.28. The van der Waals surface area contributed by atoms with Gasteiger partial charge in [-0.05, 0) is 57.4 Å². The summed E-state index contributed by atoms with van der Waals surface area (Å²) in [5.74, 6) is 0.940. The summed E-state index contributed by atoms with van der Waals surface area (Å²) in [6.07, 6.45) is 0.719. The Hall–Kier alpha value is -1.22. The lowest BCUT2D eigenvalue weighted by Crippen LogP contribution is -2.31. The number of ether oxygens (including phenoxy) is 1. The molecule has 2 N–H and O–H groups in total. The zero-order valence-electron chi connectivity index (χ0n) is 11.4. The first-order valence-electron chi connectivity index (χ1n) is 5.94. The summed E-state index contributed by atoms with van der Waals surface area (Å²) in [5.41, 5.74) is 3.20. The molecule has 17 heavy (non-hydrogen) atoms. The van der Waals surface area contributed by atoms with E-state index in [0.717, 1.165) is 29.0 Å². The Morgan fingerprint density at radius 3 is 2.18 bits per heavy atom. The smallest absolute Gasteiger partial charge is 0.124 e. The summed E-state index contributed by atoms with van der Waals surface area (Å²) < 4.78 is 5.34. The summed E-state index contributed by atoms with van der Waals surface area (Å²) in [6.45, 7) is 8.43. The predicted molar refractivity (Wildman–Crippen MR) is 71.9 cm³/mol. The molecular formula is C14H23NO2. The molecule has 0 aliphatic heterocycles. The molecule has 1 aromatic rings. The lowest BCUT2D eigenvalue weighted by molar-refractivity contribution is 0.261. The number of methoxy groups -OCH3 is 1. The SMILES string of the molecule is COc1c(C)cc(NC(C)(C)CCO)cc1C. The second-order valence-corrected chi connectivity index (χ2v) is 5.13. The normalized spacial score (nSPS) is 11.4. The molecule has 96 valence electrons. The summed E-state index contributed by atoms with van der Waals surface area (Å²) in [5, 5.41) is 12.4. The van der Waals surface area contributed by atoms with Gasteiger partial charge < -0.3 is 15.2 Å². The van der Waals surface area contributed by atoms with Gasteiger partial charge in [-0.25, -0.2) is 0 Å². The molecule has 0 unspecified atom stereocenters. The Kier molecular flexibility index (Phi) is 4.40. The highest BCUT2D eigenvalue weighted by molar-refractivity contribution is 5.56. The maximum absolute atomic E-state index is 9.01. The van der Waals surface area contributed by atoms with Crippen molar-refractivity contribution in [3.05, 3.63) is 23.3 Å². The Labute approximate surface area is 104 Å². The summed E-state index contributed by atoms with van der Waals surface area (Å²) in [4.78, 5) is 0. The second kappa shape index (κ2) is 5.41. The fraction of sp³-hybridized carbons (Fsp3) is 0.571. The molecule has 3 nitrogen and oxygen atoms in total. The van der Waals surface area contributed by atoms with Crippen LogP contribution in [0.5, 0.6) is 5.75 Å². The van der Waals surface area contributed by atoms with E-state index in [2.05, 4.69) is 31.3 Å². The molecule has 0 saturated carbocycles. The third kappa shape index (κ3) is 3.63. The fourth-order valence-corrected chi connectivity index (χ4v) is 2.08. The number of nitrogens with one attached hydrogen (secondary N) is 1. The molecule has 0 fully saturated rings. The molecule has 0 aliphatic carbocycles. The van der Waals surface area contributed by atoms with Gasteiger partial charge in [-0.3, -0.25) is 0 Å². The van der Waals surface area contributed by atoms with E-state index in [1.807, 2.05) is 13.8 Å².